The zero-order chi connectivity index (χ0) is 12.4. The summed E-state index contributed by atoms with van der Waals surface area (Å²) in [5.74, 6) is 1.05. The number of benzene rings is 1. The maximum absolute atomic E-state index is 5.81. The number of aromatic nitrogens is 3. The molecule has 90 valence electrons. The topological polar surface area (TPSA) is 60.0 Å². The minimum absolute atomic E-state index is 0.427. The fourth-order valence-electron chi connectivity index (χ4n) is 1.41. The Kier molecular flexibility index (Phi) is 3.33. The van der Waals surface area contributed by atoms with Crippen LogP contribution < -0.4 is 10.6 Å². The van der Waals surface area contributed by atoms with Crippen LogP contribution in [0, 0.1) is 0 Å². The summed E-state index contributed by atoms with van der Waals surface area (Å²) < 4.78 is 2.75. The highest BCUT2D eigenvalue weighted by Gasteiger charge is 2.08. The van der Waals surface area contributed by atoms with Crippen molar-refractivity contribution in [2.24, 2.45) is 0 Å². The molecule has 0 saturated heterocycles. The summed E-state index contributed by atoms with van der Waals surface area (Å²) in [7, 11) is 3.78. The Morgan fingerprint density at radius 3 is 2.47 bits per heavy atom. The Morgan fingerprint density at radius 1 is 1.29 bits per heavy atom. The van der Waals surface area contributed by atoms with Gasteiger partial charge in [-0.1, -0.05) is 28.1 Å². The summed E-state index contributed by atoms with van der Waals surface area (Å²) in [5, 5.41) is 4.32. The van der Waals surface area contributed by atoms with Gasteiger partial charge in [0.05, 0.1) is 6.54 Å². The molecule has 0 aliphatic rings. The van der Waals surface area contributed by atoms with Crippen LogP contribution in [0.3, 0.4) is 0 Å². The molecule has 0 aliphatic carbocycles. The molecule has 1 aromatic carbocycles. The van der Waals surface area contributed by atoms with Crippen molar-refractivity contribution in [1.82, 2.24) is 14.8 Å². The van der Waals surface area contributed by atoms with Gasteiger partial charge in [-0.15, -0.1) is 5.10 Å². The first-order valence-corrected chi connectivity index (χ1v) is 5.97. The first-order chi connectivity index (χ1) is 8.06. The molecule has 5 nitrogen and oxygen atoms in total. The molecule has 0 fully saturated rings. The molecule has 0 aliphatic heterocycles. The summed E-state index contributed by atoms with van der Waals surface area (Å²) >= 11 is 3.40. The SMILES string of the molecule is CN(C)c1nc(N)n(Cc2ccc(Br)cc2)n1. The van der Waals surface area contributed by atoms with Crippen LogP contribution in [-0.2, 0) is 6.54 Å². The number of halogens is 1. The van der Waals surface area contributed by atoms with E-state index in [1.807, 2.05) is 43.3 Å². The lowest BCUT2D eigenvalue weighted by Crippen LogP contribution is -2.11. The molecule has 2 rings (SSSR count). The molecule has 0 amide bonds. The van der Waals surface area contributed by atoms with Gasteiger partial charge in [0.2, 0.25) is 11.9 Å². The molecule has 2 N–H and O–H groups in total. The molecule has 2 aromatic rings. The van der Waals surface area contributed by atoms with Crippen molar-refractivity contribution in [3.05, 3.63) is 34.3 Å². The largest absolute Gasteiger partial charge is 0.368 e. The number of nitrogen functional groups attached to an aromatic ring is 1. The summed E-state index contributed by atoms with van der Waals surface area (Å²) in [4.78, 5) is 6.00. The third-order valence-electron chi connectivity index (χ3n) is 2.33. The van der Waals surface area contributed by atoms with Gasteiger partial charge >= 0.3 is 0 Å². The predicted octanol–water partition coefficient (Wildman–Crippen LogP) is 1.74. The van der Waals surface area contributed by atoms with Gasteiger partial charge in [0.1, 0.15) is 0 Å². The highest BCUT2D eigenvalue weighted by atomic mass is 79.9. The highest BCUT2D eigenvalue weighted by Crippen LogP contribution is 2.14. The van der Waals surface area contributed by atoms with Crippen molar-refractivity contribution in [1.29, 1.82) is 0 Å². The quantitative estimate of drug-likeness (QED) is 0.937. The van der Waals surface area contributed by atoms with E-state index < -0.39 is 0 Å². The van der Waals surface area contributed by atoms with Crippen LogP contribution in [0.2, 0.25) is 0 Å². The Morgan fingerprint density at radius 2 is 1.94 bits per heavy atom. The number of rotatable bonds is 3. The van der Waals surface area contributed by atoms with E-state index >= 15 is 0 Å². The van der Waals surface area contributed by atoms with Crippen LogP contribution in [0.15, 0.2) is 28.7 Å². The fraction of sp³-hybridized carbons (Fsp3) is 0.273. The van der Waals surface area contributed by atoms with Crippen LogP contribution in [0.1, 0.15) is 5.56 Å². The van der Waals surface area contributed by atoms with Gasteiger partial charge in [0.25, 0.3) is 0 Å². The van der Waals surface area contributed by atoms with Gasteiger partial charge in [-0.05, 0) is 17.7 Å². The summed E-state index contributed by atoms with van der Waals surface area (Å²) in [6, 6.07) is 8.05. The van der Waals surface area contributed by atoms with Crippen LogP contribution in [0.5, 0.6) is 0 Å². The molecular formula is C11H14BrN5. The van der Waals surface area contributed by atoms with Gasteiger partial charge in [-0.2, -0.15) is 4.98 Å². The van der Waals surface area contributed by atoms with E-state index in [0.717, 1.165) is 10.0 Å². The maximum Gasteiger partial charge on any atom is 0.246 e. The van der Waals surface area contributed by atoms with E-state index in [1.54, 1.807) is 4.68 Å². The highest BCUT2D eigenvalue weighted by molar-refractivity contribution is 9.10. The fourth-order valence-corrected chi connectivity index (χ4v) is 1.67. The normalized spacial score (nSPS) is 10.5. The average molecular weight is 296 g/mol. The molecule has 0 atom stereocenters. The van der Waals surface area contributed by atoms with Crippen molar-refractivity contribution in [2.45, 2.75) is 6.54 Å². The van der Waals surface area contributed by atoms with Crippen LogP contribution in [0.4, 0.5) is 11.9 Å². The number of hydrogen-bond donors (Lipinski definition) is 1. The Hall–Kier alpha value is -1.56. The van der Waals surface area contributed by atoms with E-state index in [-0.39, 0.29) is 0 Å². The van der Waals surface area contributed by atoms with E-state index in [0.29, 0.717) is 18.4 Å². The zero-order valence-electron chi connectivity index (χ0n) is 9.76. The summed E-state index contributed by atoms with van der Waals surface area (Å²) in [6.07, 6.45) is 0. The molecule has 0 radical (unpaired) electrons. The van der Waals surface area contributed by atoms with Crippen molar-refractivity contribution >= 4 is 27.8 Å². The molecule has 0 spiro atoms. The average Bonchev–Trinajstić information content (AvgIpc) is 2.64. The molecule has 0 saturated carbocycles. The molecule has 1 heterocycles. The van der Waals surface area contributed by atoms with Crippen molar-refractivity contribution in [2.75, 3.05) is 24.7 Å². The molecule has 17 heavy (non-hydrogen) atoms. The minimum Gasteiger partial charge on any atom is -0.368 e. The molecule has 0 unspecified atom stereocenters. The number of nitrogens with zero attached hydrogens (tertiary/aromatic N) is 4. The first-order valence-electron chi connectivity index (χ1n) is 5.18. The first kappa shape index (κ1) is 11.9. The van der Waals surface area contributed by atoms with Crippen LogP contribution in [-0.4, -0.2) is 28.9 Å². The summed E-state index contributed by atoms with van der Waals surface area (Å²) in [6.45, 7) is 0.625. The van der Waals surface area contributed by atoms with Crippen molar-refractivity contribution in [3.8, 4) is 0 Å². The van der Waals surface area contributed by atoms with Gasteiger partial charge in [-0.25, -0.2) is 4.68 Å². The number of hydrogen-bond acceptors (Lipinski definition) is 4. The van der Waals surface area contributed by atoms with Gasteiger partial charge in [0, 0.05) is 18.6 Å². The Labute approximate surface area is 108 Å². The van der Waals surface area contributed by atoms with E-state index in [1.165, 1.54) is 0 Å². The van der Waals surface area contributed by atoms with Gasteiger partial charge < -0.3 is 10.6 Å². The van der Waals surface area contributed by atoms with Crippen LogP contribution >= 0.6 is 15.9 Å². The second-order valence-electron chi connectivity index (χ2n) is 3.95. The monoisotopic (exact) mass is 295 g/mol. The smallest absolute Gasteiger partial charge is 0.246 e. The van der Waals surface area contributed by atoms with E-state index in [9.17, 15) is 0 Å². The Bertz CT molecular complexity index is 503. The molecular weight excluding hydrogens is 282 g/mol. The third kappa shape index (κ3) is 2.76. The standard InChI is InChI=1S/C11H14BrN5/c1-16(2)11-14-10(13)17(15-11)7-8-3-5-9(12)6-4-8/h3-6H,7H2,1-2H3,(H2,13,14,15). The lowest BCUT2D eigenvalue weighted by Gasteiger charge is -2.05. The second kappa shape index (κ2) is 4.75. The van der Waals surface area contributed by atoms with Gasteiger partial charge in [0.15, 0.2) is 0 Å². The predicted molar refractivity (Wildman–Crippen MR) is 72.0 cm³/mol. The van der Waals surface area contributed by atoms with Crippen molar-refractivity contribution in [3.63, 3.8) is 0 Å². The minimum atomic E-state index is 0.427. The Balaban J connectivity index is 2.21. The van der Waals surface area contributed by atoms with E-state index in [2.05, 4.69) is 26.0 Å². The second-order valence-corrected chi connectivity index (χ2v) is 4.86. The zero-order valence-corrected chi connectivity index (χ0v) is 11.3. The summed E-state index contributed by atoms with van der Waals surface area (Å²) in [5.41, 5.74) is 6.94. The molecule has 6 heteroatoms. The number of anilines is 2. The van der Waals surface area contributed by atoms with Crippen molar-refractivity contribution < 1.29 is 0 Å². The lowest BCUT2D eigenvalue weighted by atomic mass is 10.2. The maximum atomic E-state index is 5.81. The molecule has 0 bridgehead atoms. The number of nitrogens with two attached hydrogens (primary N) is 1. The van der Waals surface area contributed by atoms with Gasteiger partial charge in [-0.3, -0.25) is 0 Å². The van der Waals surface area contributed by atoms with E-state index in [4.69, 9.17) is 5.73 Å². The van der Waals surface area contributed by atoms with Crippen LogP contribution in [0.25, 0.3) is 0 Å². The lowest BCUT2D eigenvalue weighted by molar-refractivity contribution is 0.694. The molecule has 1 aromatic heterocycles. The third-order valence-corrected chi connectivity index (χ3v) is 2.86.